The molecule has 0 amide bonds. The van der Waals surface area contributed by atoms with E-state index >= 15 is 0 Å². The largest absolute Gasteiger partial charge is 0.463 e. The molecular weight excluding hydrogens is 204 g/mol. The molecular formula is C13H16O3. The number of carbonyl (C=O) groups is 1. The maximum atomic E-state index is 11.3. The van der Waals surface area contributed by atoms with Crippen LogP contribution in [0.4, 0.5) is 0 Å². The van der Waals surface area contributed by atoms with Crippen molar-refractivity contribution >= 4 is 5.97 Å². The van der Waals surface area contributed by atoms with Gasteiger partial charge in [-0.1, -0.05) is 36.9 Å². The number of esters is 1. The fraction of sp³-hybridized carbons (Fsp3) is 0.308. The van der Waals surface area contributed by atoms with Crippen LogP contribution in [0, 0.1) is 0 Å². The second-order valence-electron chi connectivity index (χ2n) is 3.45. The Morgan fingerprint density at radius 2 is 2.06 bits per heavy atom. The zero-order valence-electron chi connectivity index (χ0n) is 9.35. The first-order valence-corrected chi connectivity index (χ1v) is 5.23. The van der Waals surface area contributed by atoms with Crippen LogP contribution in [-0.2, 0) is 9.53 Å². The smallest absolute Gasteiger partial charge is 0.333 e. The number of aliphatic hydroxyl groups excluding tert-OH is 1. The molecule has 0 saturated carbocycles. The summed E-state index contributed by atoms with van der Waals surface area (Å²) in [4.78, 5) is 11.3. The van der Waals surface area contributed by atoms with Crippen molar-refractivity contribution in [3.05, 3.63) is 48.0 Å². The van der Waals surface area contributed by atoms with Gasteiger partial charge in [0.05, 0.1) is 12.7 Å². The van der Waals surface area contributed by atoms with Crippen molar-refractivity contribution in [1.82, 2.24) is 0 Å². The van der Waals surface area contributed by atoms with Gasteiger partial charge in [-0.25, -0.2) is 4.79 Å². The molecule has 1 rings (SSSR count). The highest BCUT2D eigenvalue weighted by Gasteiger charge is 2.14. The van der Waals surface area contributed by atoms with E-state index in [0.29, 0.717) is 12.2 Å². The molecule has 3 nitrogen and oxygen atoms in total. The lowest BCUT2D eigenvalue weighted by molar-refractivity contribution is -0.138. The Morgan fingerprint density at radius 1 is 1.44 bits per heavy atom. The Bertz CT molecular complexity index is 357. The maximum Gasteiger partial charge on any atom is 0.333 e. The third-order valence-electron chi connectivity index (χ3n) is 2.19. The van der Waals surface area contributed by atoms with Crippen LogP contribution in [-0.4, -0.2) is 17.7 Å². The van der Waals surface area contributed by atoms with Gasteiger partial charge in [0, 0.05) is 12.0 Å². The minimum atomic E-state index is -0.710. The summed E-state index contributed by atoms with van der Waals surface area (Å²) in [6.07, 6.45) is -0.513. The molecule has 0 radical (unpaired) electrons. The summed E-state index contributed by atoms with van der Waals surface area (Å²) < 4.78 is 4.79. The molecule has 0 saturated heterocycles. The number of ether oxygens (including phenoxy) is 1. The quantitative estimate of drug-likeness (QED) is 0.611. The summed E-state index contributed by atoms with van der Waals surface area (Å²) in [7, 11) is 0. The summed E-state index contributed by atoms with van der Waals surface area (Å²) in [6.45, 7) is 5.66. The van der Waals surface area contributed by atoms with Crippen LogP contribution in [0.2, 0.25) is 0 Å². The molecule has 1 N–H and O–H groups in total. The lowest BCUT2D eigenvalue weighted by atomic mass is 10.0. The predicted octanol–water partition coefficient (Wildman–Crippen LogP) is 2.23. The molecule has 0 fully saturated rings. The van der Waals surface area contributed by atoms with E-state index in [1.54, 1.807) is 6.92 Å². The highest BCUT2D eigenvalue weighted by Crippen LogP contribution is 2.20. The highest BCUT2D eigenvalue weighted by molar-refractivity contribution is 5.87. The van der Waals surface area contributed by atoms with Gasteiger partial charge in [-0.05, 0) is 12.5 Å². The van der Waals surface area contributed by atoms with E-state index in [2.05, 4.69) is 6.58 Å². The Morgan fingerprint density at radius 3 is 2.62 bits per heavy atom. The minimum absolute atomic E-state index is 0.197. The zero-order valence-corrected chi connectivity index (χ0v) is 9.35. The Hall–Kier alpha value is -1.61. The van der Waals surface area contributed by atoms with Crippen molar-refractivity contribution in [2.45, 2.75) is 19.4 Å². The SMILES string of the molecule is C=C(C[C@H](O)c1ccccc1)C(=O)OCC. The number of hydrogen-bond acceptors (Lipinski definition) is 3. The molecule has 1 atom stereocenters. The normalized spacial score (nSPS) is 11.9. The molecule has 1 aromatic carbocycles. The minimum Gasteiger partial charge on any atom is -0.463 e. The average molecular weight is 220 g/mol. The van der Waals surface area contributed by atoms with Crippen LogP contribution < -0.4 is 0 Å². The summed E-state index contributed by atoms with van der Waals surface area (Å²) in [5.74, 6) is -0.447. The van der Waals surface area contributed by atoms with Crippen LogP contribution in [0.5, 0.6) is 0 Å². The van der Waals surface area contributed by atoms with Gasteiger partial charge in [-0.3, -0.25) is 0 Å². The molecule has 16 heavy (non-hydrogen) atoms. The third-order valence-corrected chi connectivity index (χ3v) is 2.19. The van der Waals surface area contributed by atoms with Gasteiger partial charge in [0.15, 0.2) is 0 Å². The van der Waals surface area contributed by atoms with E-state index in [4.69, 9.17) is 4.74 Å². The molecule has 86 valence electrons. The Balaban J connectivity index is 2.55. The van der Waals surface area contributed by atoms with Crippen molar-refractivity contribution in [3.8, 4) is 0 Å². The molecule has 0 unspecified atom stereocenters. The molecule has 0 heterocycles. The molecule has 0 bridgehead atoms. The summed E-state index contributed by atoms with van der Waals surface area (Å²) in [5.41, 5.74) is 1.06. The second-order valence-corrected chi connectivity index (χ2v) is 3.45. The van der Waals surface area contributed by atoms with Gasteiger partial charge < -0.3 is 9.84 Å². The van der Waals surface area contributed by atoms with E-state index in [-0.39, 0.29) is 6.42 Å². The summed E-state index contributed by atoms with van der Waals surface area (Å²) >= 11 is 0. The number of hydrogen-bond donors (Lipinski definition) is 1. The molecule has 1 aromatic rings. The van der Waals surface area contributed by atoms with E-state index in [0.717, 1.165) is 5.56 Å². The fourth-order valence-electron chi connectivity index (χ4n) is 1.34. The molecule has 0 aromatic heterocycles. The number of rotatable bonds is 5. The van der Waals surface area contributed by atoms with Crippen molar-refractivity contribution in [2.24, 2.45) is 0 Å². The van der Waals surface area contributed by atoms with E-state index < -0.39 is 12.1 Å². The highest BCUT2D eigenvalue weighted by atomic mass is 16.5. The van der Waals surface area contributed by atoms with Crippen molar-refractivity contribution in [2.75, 3.05) is 6.61 Å². The second kappa shape index (κ2) is 6.08. The maximum absolute atomic E-state index is 11.3. The molecule has 0 aliphatic rings. The topological polar surface area (TPSA) is 46.5 Å². The predicted molar refractivity (Wildman–Crippen MR) is 61.8 cm³/mol. The fourth-order valence-corrected chi connectivity index (χ4v) is 1.34. The summed E-state index contributed by atoms with van der Waals surface area (Å²) in [5, 5.41) is 9.84. The lowest BCUT2D eigenvalue weighted by Crippen LogP contribution is -2.10. The van der Waals surface area contributed by atoms with Crippen molar-refractivity contribution < 1.29 is 14.6 Å². The van der Waals surface area contributed by atoms with Crippen molar-refractivity contribution in [1.29, 1.82) is 0 Å². The number of benzene rings is 1. The van der Waals surface area contributed by atoms with Crippen LogP contribution >= 0.6 is 0 Å². The average Bonchev–Trinajstić information content (AvgIpc) is 2.30. The Kier molecular flexibility index (Phi) is 4.73. The molecule has 0 aliphatic heterocycles. The molecule has 0 aliphatic carbocycles. The first-order chi connectivity index (χ1) is 7.65. The third kappa shape index (κ3) is 3.51. The van der Waals surface area contributed by atoms with Crippen LogP contribution in [0.3, 0.4) is 0 Å². The van der Waals surface area contributed by atoms with Gasteiger partial charge in [0.25, 0.3) is 0 Å². The van der Waals surface area contributed by atoms with E-state index in [9.17, 15) is 9.90 Å². The lowest BCUT2D eigenvalue weighted by Gasteiger charge is -2.11. The molecule has 3 heteroatoms. The van der Waals surface area contributed by atoms with Gasteiger partial charge >= 0.3 is 5.97 Å². The first kappa shape index (κ1) is 12.5. The van der Waals surface area contributed by atoms with Gasteiger partial charge in [-0.15, -0.1) is 0 Å². The summed E-state index contributed by atoms with van der Waals surface area (Å²) in [6, 6.07) is 9.17. The zero-order chi connectivity index (χ0) is 12.0. The van der Waals surface area contributed by atoms with Crippen LogP contribution in [0.25, 0.3) is 0 Å². The number of aliphatic hydroxyl groups is 1. The monoisotopic (exact) mass is 220 g/mol. The standard InChI is InChI=1S/C13H16O3/c1-3-16-13(15)10(2)9-12(14)11-7-5-4-6-8-11/h4-8,12,14H,2-3,9H2,1H3/t12-/m0/s1. The van der Waals surface area contributed by atoms with Crippen LogP contribution in [0.1, 0.15) is 25.0 Å². The number of carbonyl (C=O) groups excluding carboxylic acids is 1. The van der Waals surface area contributed by atoms with Gasteiger partial charge in [0.1, 0.15) is 0 Å². The first-order valence-electron chi connectivity index (χ1n) is 5.23. The van der Waals surface area contributed by atoms with E-state index in [1.807, 2.05) is 30.3 Å². The van der Waals surface area contributed by atoms with Crippen LogP contribution in [0.15, 0.2) is 42.5 Å². The van der Waals surface area contributed by atoms with E-state index in [1.165, 1.54) is 0 Å². The van der Waals surface area contributed by atoms with Gasteiger partial charge in [-0.2, -0.15) is 0 Å². The van der Waals surface area contributed by atoms with Crippen molar-refractivity contribution in [3.63, 3.8) is 0 Å². The Labute approximate surface area is 95.4 Å². The molecule has 0 spiro atoms. The van der Waals surface area contributed by atoms with Gasteiger partial charge in [0.2, 0.25) is 0 Å².